The number of rotatable bonds is 4. The second-order valence-corrected chi connectivity index (χ2v) is 16.8. The second-order valence-electron chi connectivity index (χ2n) is 14.9. The maximum absolute atomic E-state index is 14.3. The summed E-state index contributed by atoms with van der Waals surface area (Å²) in [6.45, 7) is 7.38. The Hall–Kier alpha value is -2.65. The zero-order chi connectivity index (χ0) is 34.1. The van der Waals surface area contributed by atoms with Crippen molar-refractivity contribution in [3.63, 3.8) is 0 Å². The number of hydrogen-bond acceptors (Lipinski definition) is 9. The van der Waals surface area contributed by atoms with Crippen molar-refractivity contribution in [2.24, 2.45) is 39.9 Å². The van der Waals surface area contributed by atoms with E-state index in [1.54, 1.807) is 0 Å². The molecule has 14 heteroatoms. The van der Waals surface area contributed by atoms with Gasteiger partial charge in [0.05, 0.1) is 28.4 Å². The number of carbonyl (C=O) groups excluding carboxylic acids is 3. The third-order valence-electron chi connectivity index (χ3n) is 12.4. The molecule has 0 aromatic heterocycles. The molecule has 7 fully saturated rings. The highest BCUT2D eigenvalue weighted by Crippen LogP contribution is 2.76. The highest BCUT2D eigenvalue weighted by molar-refractivity contribution is 7.89. The summed E-state index contributed by atoms with van der Waals surface area (Å²) < 4.78 is 79.3. The molecular formula is C33H38F3NO9S. The summed E-state index contributed by atoms with van der Waals surface area (Å²) in [5.74, 6) is -6.85. The SMILES string of the molecule is C=C1C(=O)[C@]23[C@H](OC(=O)C4CCN(S(=O)(=O)c5cccc(C(F)(F)F)c5)CC4)[C@H]1CC[C@H]2[C@@]12CO[C@]3(O)[C@@H](O)[C@@H]1C(C)(C)CCC2=O. The smallest absolute Gasteiger partial charge is 0.416 e. The number of nitrogens with zero attached hydrogens (tertiary/aromatic N) is 1. The molecule has 47 heavy (non-hydrogen) atoms. The number of hydrogen-bond donors (Lipinski definition) is 2. The fourth-order valence-electron chi connectivity index (χ4n) is 10.3. The van der Waals surface area contributed by atoms with E-state index in [1.165, 1.54) is 0 Å². The number of carbonyl (C=O) groups is 3. The number of ketones is 2. The fraction of sp³-hybridized carbons (Fsp3) is 0.667. The first-order chi connectivity index (χ1) is 21.8. The van der Waals surface area contributed by atoms with Crippen LogP contribution in [-0.4, -0.2) is 78.2 Å². The highest BCUT2D eigenvalue weighted by Gasteiger charge is 2.88. The maximum Gasteiger partial charge on any atom is 0.416 e. The zero-order valence-electron chi connectivity index (χ0n) is 26.1. The van der Waals surface area contributed by atoms with Crippen LogP contribution in [-0.2, 0) is 40.1 Å². The van der Waals surface area contributed by atoms with E-state index >= 15 is 0 Å². The van der Waals surface area contributed by atoms with Gasteiger partial charge in [-0.2, -0.15) is 17.5 Å². The van der Waals surface area contributed by atoms with Crippen LogP contribution < -0.4 is 0 Å². The topological polar surface area (TPSA) is 148 Å². The van der Waals surface area contributed by atoms with Crippen molar-refractivity contribution < 1.29 is 55.7 Å². The van der Waals surface area contributed by atoms with Gasteiger partial charge in [0.25, 0.3) is 0 Å². The molecule has 1 aromatic rings. The van der Waals surface area contributed by atoms with Crippen molar-refractivity contribution in [3.05, 3.63) is 42.0 Å². The van der Waals surface area contributed by atoms with E-state index in [9.17, 15) is 46.2 Å². The minimum Gasteiger partial charge on any atom is -0.460 e. The normalized spacial score (nSPS) is 40.2. The molecule has 4 bridgehead atoms. The van der Waals surface area contributed by atoms with Crippen molar-refractivity contribution in [3.8, 4) is 0 Å². The molecule has 8 rings (SSSR count). The minimum atomic E-state index is -4.72. The Morgan fingerprint density at radius 1 is 1.13 bits per heavy atom. The predicted octanol–water partition coefficient (Wildman–Crippen LogP) is 3.25. The van der Waals surface area contributed by atoms with E-state index < -0.39 is 96.3 Å². The maximum atomic E-state index is 14.3. The largest absolute Gasteiger partial charge is 0.460 e. The molecule has 4 aliphatic carbocycles. The van der Waals surface area contributed by atoms with E-state index in [0.717, 1.165) is 22.5 Å². The average molecular weight is 682 g/mol. The Kier molecular flexibility index (Phi) is 7.13. The molecule has 2 N–H and O–H groups in total. The van der Waals surface area contributed by atoms with Crippen LogP contribution in [0.2, 0.25) is 0 Å². The van der Waals surface area contributed by atoms with Gasteiger partial charge in [-0.05, 0) is 67.2 Å². The number of esters is 1. The molecule has 2 spiro atoms. The van der Waals surface area contributed by atoms with Gasteiger partial charge in [-0.15, -0.1) is 0 Å². The van der Waals surface area contributed by atoms with Crippen LogP contribution in [0.5, 0.6) is 0 Å². The van der Waals surface area contributed by atoms with Gasteiger partial charge in [0.2, 0.25) is 15.8 Å². The summed E-state index contributed by atoms with van der Waals surface area (Å²) in [5.41, 5.74) is -4.74. The molecule has 0 unspecified atom stereocenters. The van der Waals surface area contributed by atoms with Gasteiger partial charge < -0.3 is 19.7 Å². The third kappa shape index (κ3) is 4.11. The van der Waals surface area contributed by atoms with Crippen LogP contribution in [0.3, 0.4) is 0 Å². The molecule has 256 valence electrons. The van der Waals surface area contributed by atoms with E-state index in [1.807, 2.05) is 13.8 Å². The molecule has 10 nitrogen and oxygen atoms in total. The Morgan fingerprint density at radius 3 is 2.47 bits per heavy atom. The first kappa shape index (κ1) is 32.9. The van der Waals surface area contributed by atoms with Gasteiger partial charge in [0.15, 0.2) is 5.78 Å². The summed E-state index contributed by atoms with van der Waals surface area (Å²) in [6.07, 6.45) is -6.15. The van der Waals surface area contributed by atoms with E-state index in [2.05, 4.69) is 6.58 Å². The molecule has 3 aliphatic heterocycles. The number of benzene rings is 1. The number of ether oxygens (including phenoxy) is 2. The second kappa shape index (κ2) is 10.2. The number of aliphatic hydroxyl groups excluding tert-OH is 1. The zero-order valence-corrected chi connectivity index (χ0v) is 26.9. The van der Waals surface area contributed by atoms with Gasteiger partial charge in [-0.25, -0.2) is 8.42 Å². The Morgan fingerprint density at radius 2 is 1.81 bits per heavy atom. The lowest BCUT2D eigenvalue weighted by Crippen LogP contribution is -2.85. The minimum absolute atomic E-state index is 0.00180. The van der Waals surface area contributed by atoms with Gasteiger partial charge in [-0.3, -0.25) is 14.4 Å². The van der Waals surface area contributed by atoms with Crippen LogP contribution in [0.1, 0.15) is 57.9 Å². The molecule has 0 radical (unpaired) electrons. The molecule has 7 aliphatic rings. The molecule has 0 amide bonds. The lowest BCUT2D eigenvalue weighted by Gasteiger charge is -2.73. The van der Waals surface area contributed by atoms with Crippen LogP contribution >= 0.6 is 0 Å². The number of aliphatic hydroxyl groups is 2. The van der Waals surface area contributed by atoms with Gasteiger partial charge >= 0.3 is 12.1 Å². The third-order valence-corrected chi connectivity index (χ3v) is 14.3. The number of Topliss-reactive ketones (excluding diaryl/α,β-unsaturated/α-hetero) is 2. The van der Waals surface area contributed by atoms with Crippen LogP contribution in [0.15, 0.2) is 41.3 Å². The number of fused-ring (bicyclic) bond motifs is 2. The number of piperidine rings is 1. The van der Waals surface area contributed by atoms with Crippen molar-refractivity contribution in [1.82, 2.24) is 4.31 Å². The monoisotopic (exact) mass is 681 g/mol. The van der Waals surface area contributed by atoms with Crippen molar-refractivity contribution in [1.29, 1.82) is 0 Å². The van der Waals surface area contributed by atoms with Crippen molar-refractivity contribution in [2.75, 3.05) is 19.7 Å². The van der Waals surface area contributed by atoms with E-state index in [4.69, 9.17) is 9.47 Å². The van der Waals surface area contributed by atoms with Gasteiger partial charge in [-0.1, -0.05) is 26.5 Å². The lowest BCUT2D eigenvalue weighted by atomic mass is 9.36. The highest BCUT2D eigenvalue weighted by atomic mass is 32.2. The summed E-state index contributed by atoms with van der Waals surface area (Å²) in [7, 11) is -4.29. The number of alkyl halides is 3. The number of halogens is 3. The quantitative estimate of drug-likeness (QED) is 0.361. The molecular weight excluding hydrogens is 643 g/mol. The first-order valence-corrected chi connectivity index (χ1v) is 17.5. The van der Waals surface area contributed by atoms with Gasteiger partial charge in [0.1, 0.15) is 23.4 Å². The van der Waals surface area contributed by atoms with Crippen molar-refractivity contribution >= 4 is 27.6 Å². The summed E-state index contributed by atoms with van der Waals surface area (Å²) >= 11 is 0. The van der Waals surface area contributed by atoms with Crippen LogP contribution in [0.4, 0.5) is 13.2 Å². The average Bonchev–Trinajstić information content (AvgIpc) is 3.13. The van der Waals surface area contributed by atoms with E-state index in [0.29, 0.717) is 25.3 Å². The fourth-order valence-corrected chi connectivity index (χ4v) is 11.8. The first-order valence-electron chi connectivity index (χ1n) is 16.0. The number of sulfonamides is 1. The molecule has 8 atom stereocenters. The van der Waals surface area contributed by atoms with E-state index in [-0.39, 0.29) is 50.3 Å². The Bertz CT molecular complexity index is 1690. The Balaban J connectivity index is 1.16. The molecule has 3 saturated heterocycles. The predicted molar refractivity (Wildman–Crippen MR) is 156 cm³/mol. The molecule has 4 saturated carbocycles. The van der Waals surface area contributed by atoms with Crippen molar-refractivity contribution in [2.45, 2.75) is 81.4 Å². The summed E-state index contributed by atoms with van der Waals surface area (Å²) in [5, 5.41) is 24.2. The van der Waals surface area contributed by atoms with Crippen LogP contribution in [0, 0.1) is 39.9 Å². The lowest BCUT2D eigenvalue weighted by molar-refractivity contribution is -0.437. The standard InChI is InChI=1S/C33H38F3NO9S/c1-17-21-7-8-22-30-16-45-32(42,26(40)24(30)29(2,3)12-9-23(30)38)31(22,25(17)39)27(21)46-28(41)18-10-13-37(14-11-18)47(43,44)20-6-4-5-19(15-20)33(34,35)36/h4-6,15,18,21-22,24,26-27,40,42H,1,7-14,16H2,2-3H3/t21-,22-,24+,26-,27+,30+,31-,32+/m0/s1. The Labute approximate surface area is 270 Å². The van der Waals surface area contributed by atoms with Crippen LogP contribution in [0.25, 0.3) is 0 Å². The summed E-state index contributed by atoms with van der Waals surface area (Å²) in [6, 6.07) is 3.48. The summed E-state index contributed by atoms with van der Waals surface area (Å²) in [4.78, 5) is 41.4. The van der Waals surface area contributed by atoms with Gasteiger partial charge in [0, 0.05) is 31.3 Å². The molecule has 1 aromatic carbocycles. The molecule has 3 heterocycles.